The summed E-state index contributed by atoms with van der Waals surface area (Å²) in [5.41, 5.74) is 0.578. The molecule has 3 nitrogen and oxygen atoms in total. The van der Waals surface area contributed by atoms with Gasteiger partial charge in [-0.1, -0.05) is 37.6 Å². The highest BCUT2D eigenvalue weighted by Crippen LogP contribution is 2.38. The summed E-state index contributed by atoms with van der Waals surface area (Å²) in [6.45, 7) is 3.81. The molecule has 8 heteroatoms. The number of rotatable bonds is 10. The average Bonchev–Trinajstić information content (AvgIpc) is 2.93. The molecule has 0 aliphatic heterocycles. The van der Waals surface area contributed by atoms with Crippen LogP contribution in [0.1, 0.15) is 81.1 Å². The van der Waals surface area contributed by atoms with Crippen molar-refractivity contribution < 1.29 is 36.5 Å². The molecule has 0 bridgehead atoms. The van der Waals surface area contributed by atoms with Gasteiger partial charge >= 0.3 is 0 Å². The molecule has 1 aliphatic carbocycles. The molecule has 1 atom stereocenters. The summed E-state index contributed by atoms with van der Waals surface area (Å²) in [7, 11) is 0. The van der Waals surface area contributed by atoms with Crippen LogP contribution < -0.4 is 4.74 Å². The van der Waals surface area contributed by atoms with Gasteiger partial charge in [-0.15, -0.1) is 0 Å². The number of benzene rings is 3. The van der Waals surface area contributed by atoms with Gasteiger partial charge in [-0.3, -0.25) is 0 Å². The van der Waals surface area contributed by atoms with E-state index in [-0.39, 0.29) is 47.7 Å². The first kappa shape index (κ1) is 29.0. The van der Waals surface area contributed by atoms with Crippen molar-refractivity contribution in [3.63, 3.8) is 0 Å². The van der Waals surface area contributed by atoms with Gasteiger partial charge in [0.25, 0.3) is 0 Å². The molecule has 0 aromatic heterocycles. The number of aliphatic hydroxyl groups excluding tert-OH is 1. The Morgan fingerprint density at radius 2 is 1.54 bits per heavy atom. The molecule has 0 heterocycles. The lowest BCUT2D eigenvalue weighted by Gasteiger charge is -2.29. The molecule has 0 saturated heterocycles. The van der Waals surface area contributed by atoms with E-state index in [1.807, 2.05) is 6.92 Å². The molecule has 3 aromatic carbocycles. The molecule has 1 unspecified atom stereocenters. The van der Waals surface area contributed by atoms with Gasteiger partial charge in [0.05, 0.1) is 25.4 Å². The second kappa shape index (κ2) is 12.9. The van der Waals surface area contributed by atoms with Crippen LogP contribution in [0.25, 0.3) is 11.1 Å². The molecular weight excluding hydrogens is 515 g/mol. The van der Waals surface area contributed by atoms with Crippen LogP contribution in [0.15, 0.2) is 42.5 Å². The van der Waals surface area contributed by atoms with E-state index < -0.39 is 35.2 Å². The molecule has 3 aromatic rings. The number of halogens is 5. The van der Waals surface area contributed by atoms with Gasteiger partial charge in [0.15, 0.2) is 23.2 Å². The van der Waals surface area contributed by atoms with E-state index >= 15 is 0 Å². The van der Waals surface area contributed by atoms with Gasteiger partial charge in [0.1, 0.15) is 5.82 Å². The number of hydrogen-bond donors (Lipinski definition) is 1. The van der Waals surface area contributed by atoms with Crippen LogP contribution >= 0.6 is 0 Å². The molecule has 0 radical (unpaired) electrons. The van der Waals surface area contributed by atoms with Crippen LogP contribution in [0.4, 0.5) is 22.0 Å². The van der Waals surface area contributed by atoms with E-state index in [9.17, 15) is 27.1 Å². The van der Waals surface area contributed by atoms with E-state index in [2.05, 4.69) is 0 Å². The first-order chi connectivity index (χ1) is 18.7. The standard InChI is InChI=1S/C31H33F5O3/c1-3-5-26(37)24-13-12-21(28(33)30(24)35)19-7-9-20(10-8-19)39-17-18-6-11-22(25(32)16-18)23-14-15-27(38-4-2)31(36)29(23)34/h6,11-16,19-20,26,37H,3-5,7-10,17H2,1-2H3. The van der Waals surface area contributed by atoms with E-state index in [1.165, 1.54) is 30.3 Å². The molecule has 1 saturated carbocycles. The van der Waals surface area contributed by atoms with Crippen LogP contribution in [-0.4, -0.2) is 17.8 Å². The van der Waals surface area contributed by atoms with Crippen LogP contribution in [0.2, 0.25) is 0 Å². The topological polar surface area (TPSA) is 38.7 Å². The quantitative estimate of drug-likeness (QED) is 0.258. The summed E-state index contributed by atoms with van der Waals surface area (Å²) >= 11 is 0. The molecule has 1 N–H and O–H groups in total. The Bertz CT molecular complexity index is 1290. The summed E-state index contributed by atoms with van der Waals surface area (Å²) in [6.07, 6.45) is 2.34. The Kier molecular flexibility index (Phi) is 9.62. The van der Waals surface area contributed by atoms with Crippen molar-refractivity contribution in [2.45, 2.75) is 77.1 Å². The van der Waals surface area contributed by atoms with Gasteiger partial charge in [0, 0.05) is 16.7 Å². The first-order valence-electron chi connectivity index (χ1n) is 13.4. The van der Waals surface area contributed by atoms with Gasteiger partial charge in [-0.25, -0.2) is 17.6 Å². The summed E-state index contributed by atoms with van der Waals surface area (Å²) < 4.78 is 84.0. The van der Waals surface area contributed by atoms with Crippen molar-refractivity contribution in [1.29, 1.82) is 0 Å². The number of ether oxygens (including phenoxy) is 2. The number of aliphatic hydroxyl groups is 1. The highest BCUT2D eigenvalue weighted by molar-refractivity contribution is 5.66. The Balaban J connectivity index is 1.35. The van der Waals surface area contributed by atoms with Gasteiger partial charge in [0.2, 0.25) is 5.82 Å². The van der Waals surface area contributed by atoms with Crippen molar-refractivity contribution in [2.24, 2.45) is 0 Å². The fourth-order valence-electron chi connectivity index (χ4n) is 5.21. The lowest BCUT2D eigenvalue weighted by molar-refractivity contribution is 0.0130. The highest BCUT2D eigenvalue weighted by atomic mass is 19.2. The zero-order valence-electron chi connectivity index (χ0n) is 22.1. The normalized spacial score (nSPS) is 18.3. The van der Waals surface area contributed by atoms with Crippen molar-refractivity contribution >= 4 is 0 Å². The third kappa shape index (κ3) is 6.44. The Labute approximate surface area is 225 Å². The molecule has 1 fully saturated rings. The maximum atomic E-state index is 14.8. The predicted molar refractivity (Wildman–Crippen MR) is 139 cm³/mol. The summed E-state index contributed by atoms with van der Waals surface area (Å²) in [5.74, 6) is -5.30. The molecular formula is C31H33F5O3. The predicted octanol–water partition coefficient (Wildman–Crippen LogP) is 8.52. The van der Waals surface area contributed by atoms with Gasteiger partial charge in [-0.2, -0.15) is 4.39 Å². The van der Waals surface area contributed by atoms with E-state index in [0.29, 0.717) is 49.7 Å². The Morgan fingerprint density at radius 1 is 0.821 bits per heavy atom. The van der Waals surface area contributed by atoms with Gasteiger partial charge < -0.3 is 14.6 Å². The number of hydrogen-bond acceptors (Lipinski definition) is 3. The molecule has 4 rings (SSSR count). The first-order valence-corrected chi connectivity index (χ1v) is 13.4. The van der Waals surface area contributed by atoms with Crippen molar-refractivity contribution in [3.05, 3.63) is 88.2 Å². The van der Waals surface area contributed by atoms with E-state index in [4.69, 9.17) is 9.47 Å². The van der Waals surface area contributed by atoms with Crippen LogP contribution in [-0.2, 0) is 11.3 Å². The minimum Gasteiger partial charge on any atom is -0.491 e. The zero-order chi connectivity index (χ0) is 28.1. The highest BCUT2D eigenvalue weighted by Gasteiger charge is 2.28. The minimum atomic E-state index is -1.18. The van der Waals surface area contributed by atoms with Crippen molar-refractivity contribution in [2.75, 3.05) is 6.61 Å². The second-order valence-corrected chi connectivity index (χ2v) is 9.95. The monoisotopic (exact) mass is 548 g/mol. The molecule has 210 valence electrons. The van der Waals surface area contributed by atoms with E-state index in [0.717, 1.165) is 0 Å². The fraction of sp³-hybridized carbons (Fsp3) is 0.419. The molecule has 0 amide bonds. The van der Waals surface area contributed by atoms with E-state index in [1.54, 1.807) is 19.1 Å². The zero-order valence-corrected chi connectivity index (χ0v) is 22.1. The lowest BCUT2D eigenvalue weighted by atomic mass is 9.82. The SMILES string of the molecule is CCCC(O)c1ccc(C2CCC(OCc3ccc(-c4ccc(OCC)c(F)c4F)c(F)c3)CC2)c(F)c1F. The van der Waals surface area contributed by atoms with Crippen molar-refractivity contribution in [3.8, 4) is 16.9 Å². The van der Waals surface area contributed by atoms with Crippen molar-refractivity contribution in [1.82, 2.24) is 0 Å². The maximum Gasteiger partial charge on any atom is 0.201 e. The van der Waals surface area contributed by atoms with Crippen LogP contribution in [0.3, 0.4) is 0 Å². The molecule has 39 heavy (non-hydrogen) atoms. The van der Waals surface area contributed by atoms with Crippen LogP contribution in [0.5, 0.6) is 5.75 Å². The minimum absolute atomic E-state index is 0.0104. The maximum absolute atomic E-state index is 14.8. The summed E-state index contributed by atoms with van der Waals surface area (Å²) in [5, 5.41) is 10.1. The average molecular weight is 549 g/mol. The summed E-state index contributed by atoms with van der Waals surface area (Å²) in [6, 6.07) is 9.83. The Morgan fingerprint density at radius 3 is 2.21 bits per heavy atom. The molecule has 0 spiro atoms. The molecule has 1 aliphatic rings. The second-order valence-electron chi connectivity index (χ2n) is 9.95. The smallest absolute Gasteiger partial charge is 0.201 e. The van der Waals surface area contributed by atoms with Gasteiger partial charge in [-0.05, 0) is 74.3 Å². The largest absolute Gasteiger partial charge is 0.491 e. The third-order valence-electron chi connectivity index (χ3n) is 7.33. The third-order valence-corrected chi connectivity index (χ3v) is 7.33. The fourth-order valence-corrected chi connectivity index (χ4v) is 5.21. The lowest BCUT2D eigenvalue weighted by Crippen LogP contribution is -2.21. The van der Waals surface area contributed by atoms with Crippen LogP contribution in [0, 0.1) is 29.1 Å². The summed E-state index contributed by atoms with van der Waals surface area (Å²) in [4.78, 5) is 0. The Hall–Kier alpha value is -2.97.